The van der Waals surface area contributed by atoms with Gasteiger partial charge in [-0.05, 0) is 74.8 Å². The van der Waals surface area contributed by atoms with Crippen LogP contribution in [0.3, 0.4) is 0 Å². The monoisotopic (exact) mass is 734 g/mol. The summed E-state index contributed by atoms with van der Waals surface area (Å²) in [4.78, 5) is 71.7. The van der Waals surface area contributed by atoms with Crippen molar-refractivity contribution in [2.24, 2.45) is 0 Å². The van der Waals surface area contributed by atoms with E-state index in [1.54, 1.807) is 17.0 Å². The number of ether oxygens (including phenoxy) is 1. The fraction of sp³-hybridized carbons (Fsp3) is 0.450. The number of amides is 5. The second kappa shape index (κ2) is 14.7. The second-order valence-corrected chi connectivity index (χ2v) is 15.2. The van der Waals surface area contributed by atoms with Crippen molar-refractivity contribution in [3.8, 4) is 0 Å². The number of nitrogens with one attached hydrogen (secondary N) is 3. The first-order chi connectivity index (χ1) is 26.1. The Morgan fingerprint density at radius 2 is 1.67 bits per heavy atom. The molecule has 0 radical (unpaired) electrons. The van der Waals surface area contributed by atoms with Gasteiger partial charge in [0.2, 0.25) is 11.8 Å². The number of fused-ring (bicyclic) bond motifs is 1. The summed E-state index contributed by atoms with van der Waals surface area (Å²) in [7, 11) is 0. The number of piperidine rings is 1. The highest BCUT2D eigenvalue weighted by Gasteiger charge is 2.44. The van der Waals surface area contributed by atoms with E-state index < -0.39 is 17.9 Å². The molecule has 5 aliphatic rings. The van der Waals surface area contributed by atoms with E-state index in [2.05, 4.69) is 49.3 Å². The second-order valence-electron chi connectivity index (χ2n) is 15.2. The molecule has 4 atom stereocenters. The van der Waals surface area contributed by atoms with E-state index in [-0.39, 0.29) is 42.4 Å². The molecule has 3 aromatic rings. The number of hydrogen-bond donors (Lipinski definition) is 3. The Morgan fingerprint density at radius 3 is 2.39 bits per heavy atom. The predicted molar refractivity (Wildman–Crippen MR) is 200 cm³/mol. The van der Waals surface area contributed by atoms with Crippen molar-refractivity contribution < 1.29 is 28.7 Å². The minimum absolute atomic E-state index is 0.102. The van der Waals surface area contributed by atoms with Crippen LogP contribution in [0.2, 0.25) is 0 Å². The molecule has 4 aliphatic heterocycles. The minimum atomic E-state index is -0.826. The van der Waals surface area contributed by atoms with Crippen molar-refractivity contribution in [2.75, 3.05) is 42.9 Å². The predicted octanol–water partition coefficient (Wildman–Crippen LogP) is 4.17. The number of hydrogen-bond acceptors (Lipinski definition) is 9. The number of likely N-dealkylation sites (tertiary alicyclic amines) is 1. The summed E-state index contributed by atoms with van der Waals surface area (Å²) < 4.78 is 5.74. The number of anilines is 2. The SMILES string of the molecule is C=C1CCC(N2C(=O)c3ccc(N4CCN(Cc5ccc(CC(=O)Nc6cc([C@H]7CC[C@@H](OC(=O)N8CC[C@H]8C)C7)[nH]n6)cc5)CC4)cc3C2=O)C(=O)N1. The molecule has 3 saturated heterocycles. The topological polar surface area (TPSA) is 160 Å². The number of imide groups is 1. The zero-order valence-electron chi connectivity index (χ0n) is 30.5. The van der Waals surface area contributed by atoms with Gasteiger partial charge in [-0.15, -0.1) is 0 Å². The van der Waals surface area contributed by atoms with Crippen LogP contribution in [0.15, 0.2) is 60.8 Å². The van der Waals surface area contributed by atoms with Crippen LogP contribution < -0.4 is 15.5 Å². The Labute approximate surface area is 313 Å². The Kier molecular flexibility index (Phi) is 9.69. The Hall–Kier alpha value is -5.50. The molecule has 3 N–H and O–H groups in total. The van der Waals surface area contributed by atoms with Gasteiger partial charge in [-0.2, -0.15) is 5.10 Å². The summed E-state index contributed by atoms with van der Waals surface area (Å²) in [6.07, 6.45) is 4.29. The molecule has 2 aromatic carbocycles. The number of carbonyl (C=O) groups is 5. The van der Waals surface area contributed by atoms with E-state index in [0.717, 1.165) is 92.4 Å². The van der Waals surface area contributed by atoms with Crippen LogP contribution in [-0.2, 0) is 27.3 Å². The van der Waals surface area contributed by atoms with E-state index in [9.17, 15) is 24.0 Å². The highest BCUT2D eigenvalue weighted by molar-refractivity contribution is 6.23. The van der Waals surface area contributed by atoms with Gasteiger partial charge < -0.3 is 25.2 Å². The lowest BCUT2D eigenvalue weighted by Gasteiger charge is -2.38. The van der Waals surface area contributed by atoms with Gasteiger partial charge in [0.15, 0.2) is 5.82 Å². The molecule has 282 valence electrons. The third kappa shape index (κ3) is 7.22. The Bertz CT molecular complexity index is 1990. The lowest BCUT2D eigenvalue weighted by atomic mass is 10.0. The molecule has 0 spiro atoms. The maximum absolute atomic E-state index is 13.3. The van der Waals surface area contributed by atoms with Gasteiger partial charge in [0.25, 0.3) is 11.8 Å². The van der Waals surface area contributed by atoms with Crippen LogP contribution >= 0.6 is 0 Å². The van der Waals surface area contributed by atoms with Crippen LogP contribution in [0.25, 0.3) is 0 Å². The number of H-pyrrole nitrogens is 1. The van der Waals surface area contributed by atoms with Crippen molar-refractivity contribution in [1.82, 2.24) is 30.2 Å². The molecular formula is C40H46N8O6. The van der Waals surface area contributed by atoms with Gasteiger partial charge in [0.05, 0.1) is 17.5 Å². The van der Waals surface area contributed by atoms with Crippen LogP contribution in [0.5, 0.6) is 0 Å². The number of benzene rings is 2. The quantitative estimate of drug-likeness (QED) is 0.274. The first-order valence-corrected chi connectivity index (χ1v) is 19.0. The summed E-state index contributed by atoms with van der Waals surface area (Å²) in [6.45, 7) is 10.5. The van der Waals surface area contributed by atoms with Crippen LogP contribution in [-0.4, -0.2) is 106 Å². The van der Waals surface area contributed by atoms with Gasteiger partial charge in [0, 0.05) is 74.4 Å². The van der Waals surface area contributed by atoms with Crippen molar-refractivity contribution >= 4 is 41.2 Å². The zero-order valence-corrected chi connectivity index (χ0v) is 30.5. The Balaban J connectivity index is 0.781. The number of aromatic nitrogens is 2. The molecule has 1 aromatic heterocycles. The third-order valence-corrected chi connectivity index (χ3v) is 11.6. The first kappa shape index (κ1) is 35.5. The standard InChI is InChI=1S/C40H46N8O6/c1-24-3-12-34(37(50)41-24)48-38(51)31-11-9-29(21-32(31)39(48)52)46-17-15-45(16-18-46)23-27-6-4-26(5-7-27)19-36(49)42-35-22-33(43-44-35)28-8-10-30(20-28)54-40(53)47-14-13-25(47)2/h4-7,9,11,21-22,25,28,30,34H,1,3,8,10,12-20,23H2,2H3,(H,41,50)(H2,42,43,44,49)/t25-,28+,30-,34?/m1/s1. The molecule has 8 rings (SSSR count). The zero-order chi connectivity index (χ0) is 37.5. The molecule has 14 nitrogen and oxygen atoms in total. The lowest BCUT2D eigenvalue weighted by Crippen LogP contribution is -2.51. The fourth-order valence-electron chi connectivity index (χ4n) is 8.23. The summed E-state index contributed by atoms with van der Waals surface area (Å²) in [5, 5.41) is 13.0. The first-order valence-electron chi connectivity index (χ1n) is 19.0. The minimum Gasteiger partial charge on any atom is -0.446 e. The largest absolute Gasteiger partial charge is 0.446 e. The molecule has 14 heteroatoms. The normalized spacial score (nSPS) is 24.4. The molecular weight excluding hydrogens is 688 g/mol. The lowest BCUT2D eigenvalue weighted by molar-refractivity contribution is -0.125. The van der Waals surface area contributed by atoms with Gasteiger partial charge in [0.1, 0.15) is 12.1 Å². The van der Waals surface area contributed by atoms with Gasteiger partial charge in [-0.1, -0.05) is 30.8 Å². The van der Waals surface area contributed by atoms with Crippen molar-refractivity contribution in [3.05, 3.63) is 88.8 Å². The summed E-state index contributed by atoms with van der Waals surface area (Å²) in [5.74, 6) is -0.674. The number of allylic oxidation sites excluding steroid dienone is 1. The molecule has 5 heterocycles. The highest BCUT2D eigenvalue weighted by Crippen LogP contribution is 2.37. The van der Waals surface area contributed by atoms with E-state index in [1.165, 1.54) is 0 Å². The number of aromatic amines is 1. The van der Waals surface area contributed by atoms with Crippen molar-refractivity contribution in [2.45, 2.75) is 82.5 Å². The number of nitrogens with zero attached hydrogens (tertiary/aromatic N) is 5. The molecule has 5 amide bonds. The molecule has 54 heavy (non-hydrogen) atoms. The van der Waals surface area contributed by atoms with E-state index in [0.29, 0.717) is 35.5 Å². The van der Waals surface area contributed by atoms with Crippen LogP contribution in [0.4, 0.5) is 16.3 Å². The Morgan fingerprint density at radius 1 is 0.907 bits per heavy atom. The molecule has 4 fully saturated rings. The fourth-order valence-corrected chi connectivity index (χ4v) is 8.23. The molecule has 1 unspecified atom stereocenters. The van der Waals surface area contributed by atoms with E-state index in [1.807, 2.05) is 31.2 Å². The maximum atomic E-state index is 13.3. The summed E-state index contributed by atoms with van der Waals surface area (Å²) >= 11 is 0. The number of rotatable bonds is 9. The van der Waals surface area contributed by atoms with E-state index in [4.69, 9.17) is 4.74 Å². The molecule has 1 aliphatic carbocycles. The van der Waals surface area contributed by atoms with Gasteiger partial charge in [-0.25, -0.2) is 4.79 Å². The van der Waals surface area contributed by atoms with Crippen molar-refractivity contribution in [3.63, 3.8) is 0 Å². The summed E-state index contributed by atoms with van der Waals surface area (Å²) in [5.41, 5.74) is 5.16. The maximum Gasteiger partial charge on any atom is 0.410 e. The van der Waals surface area contributed by atoms with E-state index >= 15 is 0 Å². The average Bonchev–Trinajstić information content (AvgIpc) is 3.87. The molecule has 0 bridgehead atoms. The van der Waals surface area contributed by atoms with Gasteiger partial charge >= 0.3 is 6.09 Å². The number of carbonyl (C=O) groups excluding carboxylic acids is 5. The average molecular weight is 735 g/mol. The molecule has 1 saturated carbocycles. The number of piperazine rings is 1. The highest BCUT2D eigenvalue weighted by atomic mass is 16.6. The summed E-state index contributed by atoms with van der Waals surface area (Å²) in [6, 6.07) is 14.8. The van der Waals surface area contributed by atoms with Gasteiger partial charge in [-0.3, -0.25) is 34.1 Å². The smallest absolute Gasteiger partial charge is 0.410 e. The van der Waals surface area contributed by atoms with Crippen LogP contribution in [0, 0.1) is 0 Å². The third-order valence-electron chi connectivity index (χ3n) is 11.6. The van der Waals surface area contributed by atoms with Crippen LogP contribution in [0.1, 0.15) is 88.9 Å². The van der Waals surface area contributed by atoms with Crippen molar-refractivity contribution in [1.29, 1.82) is 0 Å².